The van der Waals surface area contributed by atoms with E-state index >= 15 is 0 Å². The molecule has 510 valence electrons. The van der Waals surface area contributed by atoms with Crippen LogP contribution >= 0.6 is 0 Å². The lowest BCUT2D eigenvalue weighted by Gasteiger charge is -2.58. The first-order valence-electron chi connectivity index (χ1n) is 38.2. The molecule has 12 aliphatic carbocycles. The zero-order valence-electron chi connectivity index (χ0n) is 59.6. The highest BCUT2D eigenvalue weighted by molar-refractivity contribution is 5.28. The molecule has 0 aromatic heterocycles. The van der Waals surface area contributed by atoms with Crippen molar-refractivity contribution in [1.29, 1.82) is 0 Å². The molecule has 0 aromatic rings. The lowest BCUT2D eigenvalue weighted by Crippen LogP contribution is -2.50. The number of fused-ring (bicyclic) bond motifs is 15. The van der Waals surface area contributed by atoms with Gasteiger partial charge < -0.3 is 40.9 Å². The Morgan fingerprint density at radius 2 is 0.753 bits per heavy atom. The molecule has 0 amide bonds. The van der Waals surface area contributed by atoms with Gasteiger partial charge in [-0.25, -0.2) is 0 Å². The maximum Gasteiger partial charge on any atom is 0.0849 e. The van der Waals surface area contributed by atoms with E-state index in [0.717, 1.165) is 148 Å². The van der Waals surface area contributed by atoms with E-state index in [9.17, 15) is 40.9 Å². The number of hydrogen-bond acceptors (Lipinski definition) is 8. The summed E-state index contributed by atoms with van der Waals surface area (Å²) in [5.74, 6) is 12.0. The minimum Gasteiger partial charge on any atom is -0.393 e. The van der Waals surface area contributed by atoms with Gasteiger partial charge >= 0.3 is 0 Å². The molecule has 0 aliphatic heterocycles. The minimum atomic E-state index is -1.00. The van der Waals surface area contributed by atoms with Gasteiger partial charge in [-0.1, -0.05) is 123 Å². The smallest absolute Gasteiger partial charge is 0.0849 e. The van der Waals surface area contributed by atoms with E-state index < -0.39 is 22.9 Å². The largest absolute Gasteiger partial charge is 0.393 e. The molecule has 8 N–H and O–H groups in total. The van der Waals surface area contributed by atoms with Crippen LogP contribution in [0, 0.1) is 121 Å². The standard InChI is InChI=1S/2C27H46O3.C27H46O2/c1-17(6-11-24(29)25(2,3)30)21-9-10-22-20-8-7-18-16-19(28)12-14-26(18,4)23(20)13-15-27(21,22)5;1-18(6-5-13-25(2,30)17-28)22-9-10-23-21-8-7-19-16-20(29)11-14-26(19,3)24(21)12-15-27(22,23)4;1-18(7-6-14-25(2,3)29)22-10-11-23-21-9-8-19-17-20(28)12-15-26(19,4)24(21)13-16-27(22,23)5/h7,17,19-24,28-30H,6,8-16H2,1-5H3;7,18,20-24,28-30H,5-6,8-17H2,1-4H3;8,18,20-24,28-29H,6-7,9-17H2,1-5H3/t17-,19+,20+,21-,22+,23+,24?,26+,27-;18-,20+,21+,22-,23+,24+,25?,26+,27-;18-,20+,21+,22-,23+,24+,26+,27-/m111/s1. The third-order valence-corrected chi connectivity index (χ3v) is 31.4. The second-order valence-corrected chi connectivity index (χ2v) is 37.6. The lowest BCUT2D eigenvalue weighted by molar-refractivity contribution is -0.0656. The zero-order valence-corrected chi connectivity index (χ0v) is 59.6. The molecule has 8 nitrogen and oxygen atoms in total. The van der Waals surface area contributed by atoms with E-state index in [1.54, 1.807) is 37.5 Å². The highest BCUT2D eigenvalue weighted by Gasteiger charge is 2.63. The number of rotatable bonds is 16. The highest BCUT2D eigenvalue weighted by atomic mass is 16.3. The minimum absolute atomic E-state index is 0.0969. The second-order valence-electron chi connectivity index (χ2n) is 37.6. The average Bonchev–Trinajstić information content (AvgIpc) is 1.73. The molecule has 9 fully saturated rings. The van der Waals surface area contributed by atoms with Gasteiger partial charge in [-0.15, -0.1) is 0 Å². The molecule has 0 radical (unpaired) electrons. The highest BCUT2D eigenvalue weighted by Crippen LogP contribution is 2.71. The number of hydrogen-bond donors (Lipinski definition) is 8. The van der Waals surface area contributed by atoms with Gasteiger partial charge in [0.05, 0.1) is 47.8 Å². The Labute approximate surface area is 544 Å². The fourth-order valence-corrected chi connectivity index (χ4v) is 26.0. The van der Waals surface area contributed by atoms with Crippen molar-refractivity contribution in [2.75, 3.05) is 6.61 Å². The molecule has 2 unspecified atom stereocenters. The molecular weight excluding hydrogens is 1100 g/mol. The van der Waals surface area contributed by atoms with E-state index in [2.05, 4.69) is 80.5 Å². The van der Waals surface area contributed by atoms with Gasteiger partial charge in [-0.3, -0.25) is 0 Å². The van der Waals surface area contributed by atoms with Gasteiger partial charge in [0, 0.05) is 0 Å². The van der Waals surface area contributed by atoms with Crippen LogP contribution < -0.4 is 0 Å². The Kier molecular flexibility index (Phi) is 21.2. The van der Waals surface area contributed by atoms with Crippen LogP contribution in [0.1, 0.15) is 302 Å². The molecule has 26 atom stereocenters. The van der Waals surface area contributed by atoms with Crippen molar-refractivity contribution < 1.29 is 40.9 Å². The van der Waals surface area contributed by atoms with E-state index in [-0.39, 0.29) is 24.9 Å². The van der Waals surface area contributed by atoms with Crippen LogP contribution in [0.5, 0.6) is 0 Å². The zero-order chi connectivity index (χ0) is 64.7. The summed E-state index contributed by atoms with van der Waals surface area (Å²) in [6.45, 7) is 31.7. The van der Waals surface area contributed by atoms with Gasteiger partial charge in [-0.05, 0) is 336 Å². The number of aliphatic hydroxyl groups excluding tert-OH is 5. The summed E-state index contributed by atoms with van der Waals surface area (Å²) >= 11 is 0. The molecule has 89 heavy (non-hydrogen) atoms. The normalized spacial score (nSPS) is 45.9. The third kappa shape index (κ3) is 13.8. The van der Waals surface area contributed by atoms with E-state index in [0.29, 0.717) is 57.2 Å². The Morgan fingerprint density at radius 1 is 0.427 bits per heavy atom. The van der Waals surface area contributed by atoms with E-state index in [1.165, 1.54) is 122 Å². The van der Waals surface area contributed by atoms with Crippen LogP contribution in [-0.4, -0.2) is 88.7 Å². The van der Waals surface area contributed by atoms with Crippen LogP contribution in [0.4, 0.5) is 0 Å². The van der Waals surface area contributed by atoms with Crippen LogP contribution in [-0.2, 0) is 0 Å². The van der Waals surface area contributed by atoms with Crippen molar-refractivity contribution in [3.8, 4) is 0 Å². The first kappa shape index (κ1) is 70.7. The van der Waals surface area contributed by atoms with Gasteiger partial charge in [0.25, 0.3) is 0 Å². The van der Waals surface area contributed by atoms with E-state index in [1.807, 2.05) is 13.8 Å². The number of aliphatic hydroxyl groups is 8. The summed E-state index contributed by atoms with van der Waals surface area (Å²) in [5, 5.41) is 80.6. The van der Waals surface area contributed by atoms with Crippen molar-refractivity contribution in [2.24, 2.45) is 121 Å². The van der Waals surface area contributed by atoms with Crippen molar-refractivity contribution in [2.45, 2.75) is 344 Å². The van der Waals surface area contributed by atoms with Crippen molar-refractivity contribution >= 4 is 0 Å². The fraction of sp³-hybridized carbons (Fsp3) is 0.926. The van der Waals surface area contributed by atoms with Crippen molar-refractivity contribution in [3.05, 3.63) is 34.9 Å². The van der Waals surface area contributed by atoms with Gasteiger partial charge in [0.15, 0.2) is 0 Å². The summed E-state index contributed by atoms with van der Waals surface area (Å²) in [5.41, 5.74) is 4.72. The molecule has 0 aromatic carbocycles. The summed E-state index contributed by atoms with van der Waals surface area (Å²) in [6.07, 6.45) is 44.1. The lowest BCUT2D eigenvalue weighted by atomic mass is 9.47. The quantitative estimate of drug-likeness (QED) is 0.0709. The first-order valence-corrected chi connectivity index (χ1v) is 38.2. The predicted octanol–water partition coefficient (Wildman–Crippen LogP) is 17.5. The molecule has 12 aliphatic rings. The predicted molar refractivity (Wildman–Crippen MR) is 364 cm³/mol. The van der Waals surface area contributed by atoms with Crippen LogP contribution in [0.15, 0.2) is 34.9 Å². The van der Waals surface area contributed by atoms with Crippen LogP contribution in [0.25, 0.3) is 0 Å². The third-order valence-electron chi connectivity index (χ3n) is 31.4. The first-order chi connectivity index (χ1) is 41.6. The summed E-state index contributed by atoms with van der Waals surface area (Å²) in [6, 6.07) is 0. The van der Waals surface area contributed by atoms with Gasteiger partial charge in [0.2, 0.25) is 0 Å². The molecule has 0 bridgehead atoms. The maximum atomic E-state index is 10.3. The van der Waals surface area contributed by atoms with E-state index in [4.69, 9.17) is 0 Å². The van der Waals surface area contributed by atoms with Gasteiger partial charge in [-0.2, -0.15) is 0 Å². The van der Waals surface area contributed by atoms with Gasteiger partial charge in [0.1, 0.15) is 0 Å². The second kappa shape index (κ2) is 26.7. The van der Waals surface area contributed by atoms with Crippen molar-refractivity contribution in [1.82, 2.24) is 0 Å². The Balaban J connectivity index is 0.000000147. The Morgan fingerprint density at radius 3 is 1.07 bits per heavy atom. The van der Waals surface area contributed by atoms with Crippen LogP contribution in [0.2, 0.25) is 0 Å². The summed E-state index contributed by atoms with van der Waals surface area (Å²) in [4.78, 5) is 0. The van der Waals surface area contributed by atoms with Crippen molar-refractivity contribution in [3.63, 3.8) is 0 Å². The summed E-state index contributed by atoms with van der Waals surface area (Å²) in [7, 11) is 0. The fourth-order valence-electron chi connectivity index (χ4n) is 26.0. The monoisotopic (exact) mass is 1240 g/mol. The molecule has 0 heterocycles. The molecule has 0 saturated heterocycles. The topological polar surface area (TPSA) is 162 Å². The van der Waals surface area contributed by atoms with Crippen LogP contribution in [0.3, 0.4) is 0 Å². The number of allylic oxidation sites excluding steroid dienone is 3. The molecule has 0 spiro atoms. The Hall–Kier alpha value is -1.10. The Bertz CT molecular complexity index is 2480. The SMILES string of the molecule is C[C@H](CCC(O)C(C)(C)O)[C@H]1CC[C@H]2[C@@H]3CC=C4C[C@@H](O)CC[C@]4(C)[C@H]3CC[C@]12C.C[C@H](CCCC(C)(C)O)[C@H]1CC[C@H]2[C@@H]3CC=C4C[C@@H](O)CC[C@]4(C)[C@H]3CC[C@]12C.C[C@H](CCCC(C)(O)CO)[C@H]1CC[C@H]2[C@@H]3CC=C4C[C@@H](O)CC[C@]4(C)[C@H]3CC[C@]12C. The maximum absolute atomic E-state index is 10.3. The molecule has 12 rings (SSSR count). The molecular formula is C81H138O8. The average molecular weight is 1240 g/mol. The molecule has 9 saturated carbocycles. The summed E-state index contributed by atoms with van der Waals surface area (Å²) < 4.78 is 0. The molecule has 8 heteroatoms.